The van der Waals surface area contributed by atoms with Crippen molar-refractivity contribution in [2.75, 3.05) is 0 Å². The summed E-state index contributed by atoms with van der Waals surface area (Å²) in [5.41, 5.74) is 4.14. The fourth-order valence-electron chi connectivity index (χ4n) is 3.56. The molecule has 0 fully saturated rings. The second-order valence-corrected chi connectivity index (χ2v) is 5.37. The zero-order valence-corrected chi connectivity index (χ0v) is 11.2. The summed E-state index contributed by atoms with van der Waals surface area (Å²) in [6, 6.07) is 23.1. The molecule has 0 aliphatic carbocycles. The van der Waals surface area contributed by atoms with Gasteiger partial charge in [-0.05, 0) is 12.1 Å². The molecule has 5 rings (SSSR count). The van der Waals surface area contributed by atoms with Gasteiger partial charge >= 0.3 is 0 Å². The standard InChI is InChI=1S/C19H10N2/c20-11-12-5-3-7-15-16-9-4-8-14-13-6-1-2-10-17(13)21(18(12)15)19(14)16/h1-10H. The third-order valence-electron chi connectivity index (χ3n) is 4.37. The van der Waals surface area contributed by atoms with Crippen LogP contribution in [0, 0.1) is 11.3 Å². The molecule has 3 aromatic carbocycles. The fraction of sp³-hybridized carbons (Fsp3) is 0. The molecule has 0 aliphatic rings. The lowest BCUT2D eigenvalue weighted by Gasteiger charge is -1.98. The van der Waals surface area contributed by atoms with Crippen LogP contribution < -0.4 is 0 Å². The maximum absolute atomic E-state index is 9.48. The Morgan fingerprint density at radius 2 is 1.29 bits per heavy atom. The van der Waals surface area contributed by atoms with Gasteiger partial charge in [-0.15, -0.1) is 0 Å². The Morgan fingerprint density at radius 1 is 0.667 bits per heavy atom. The third kappa shape index (κ3) is 1.13. The molecule has 0 spiro atoms. The highest BCUT2D eigenvalue weighted by Crippen LogP contribution is 2.39. The molecular weight excluding hydrogens is 256 g/mol. The van der Waals surface area contributed by atoms with Gasteiger partial charge in [-0.3, -0.25) is 0 Å². The lowest BCUT2D eigenvalue weighted by atomic mass is 10.1. The number of benzene rings is 3. The summed E-state index contributed by atoms with van der Waals surface area (Å²) in [6.45, 7) is 0. The van der Waals surface area contributed by atoms with Crippen molar-refractivity contribution in [3.63, 3.8) is 0 Å². The first kappa shape index (κ1) is 10.7. The van der Waals surface area contributed by atoms with Crippen molar-refractivity contribution >= 4 is 38.1 Å². The first-order valence-corrected chi connectivity index (χ1v) is 6.96. The molecule has 0 saturated carbocycles. The smallest absolute Gasteiger partial charge is 0.101 e. The van der Waals surface area contributed by atoms with Gasteiger partial charge in [0.25, 0.3) is 0 Å². The topological polar surface area (TPSA) is 28.2 Å². The van der Waals surface area contributed by atoms with Gasteiger partial charge in [0.1, 0.15) is 6.07 Å². The molecule has 2 nitrogen and oxygen atoms in total. The highest BCUT2D eigenvalue weighted by Gasteiger charge is 2.18. The molecule has 2 heterocycles. The van der Waals surface area contributed by atoms with Crippen molar-refractivity contribution in [3.8, 4) is 6.07 Å². The molecule has 0 bridgehead atoms. The van der Waals surface area contributed by atoms with E-state index in [1.165, 1.54) is 27.2 Å². The van der Waals surface area contributed by atoms with Crippen LogP contribution in [0.3, 0.4) is 0 Å². The molecule has 0 N–H and O–H groups in total. The van der Waals surface area contributed by atoms with Gasteiger partial charge in [-0.2, -0.15) is 5.26 Å². The quantitative estimate of drug-likeness (QED) is 0.399. The summed E-state index contributed by atoms with van der Waals surface area (Å²) in [5.74, 6) is 0. The molecule has 0 aliphatic heterocycles. The molecule has 96 valence electrons. The molecule has 2 heteroatoms. The van der Waals surface area contributed by atoms with Gasteiger partial charge < -0.3 is 4.40 Å². The van der Waals surface area contributed by atoms with Crippen LogP contribution in [0.5, 0.6) is 0 Å². The van der Waals surface area contributed by atoms with Gasteiger partial charge in [0.15, 0.2) is 0 Å². The van der Waals surface area contributed by atoms with E-state index in [2.05, 4.69) is 59.0 Å². The van der Waals surface area contributed by atoms with Crippen molar-refractivity contribution in [2.24, 2.45) is 0 Å². The van der Waals surface area contributed by atoms with Gasteiger partial charge in [0.05, 0.1) is 22.1 Å². The lowest BCUT2D eigenvalue weighted by molar-refractivity contribution is 1.35. The normalized spacial score (nSPS) is 11.8. The molecule has 0 radical (unpaired) electrons. The van der Waals surface area contributed by atoms with Crippen LogP contribution in [0.2, 0.25) is 0 Å². The molecule has 21 heavy (non-hydrogen) atoms. The number of hydrogen-bond acceptors (Lipinski definition) is 1. The van der Waals surface area contributed by atoms with Gasteiger partial charge in [0, 0.05) is 21.5 Å². The van der Waals surface area contributed by atoms with Crippen molar-refractivity contribution < 1.29 is 0 Å². The summed E-state index contributed by atoms with van der Waals surface area (Å²) >= 11 is 0. The van der Waals surface area contributed by atoms with Crippen LogP contribution in [-0.4, -0.2) is 4.40 Å². The predicted molar refractivity (Wildman–Crippen MR) is 85.8 cm³/mol. The average Bonchev–Trinajstić information content (AvgIpc) is 3.06. The second-order valence-electron chi connectivity index (χ2n) is 5.37. The maximum atomic E-state index is 9.48. The van der Waals surface area contributed by atoms with E-state index in [0.29, 0.717) is 0 Å². The zero-order chi connectivity index (χ0) is 14.0. The summed E-state index contributed by atoms with van der Waals surface area (Å²) in [4.78, 5) is 0. The van der Waals surface area contributed by atoms with Crippen LogP contribution in [0.15, 0.2) is 60.7 Å². The lowest BCUT2D eigenvalue weighted by Crippen LogP contribution is -1.84. The third-order valence-corrected chi connectivity index (χ3v) is 4.37. The van der Waals surface area contributed by atoms with Crippen LogP contribution >= 0.6 is 0 Å². The minimum Gasteiger partial charge on any atom is -0.307 e. The van der Waals surface area contributed by atoms with Crippen molar-refractivity contribution in [1.29, 1.82) is 5.26 Å². The Kier molecular flexibility index (Phi) is 1.80. The maximum Gasteiger partial charge on any atom is 0.101 e. The fourth-order valence-corrected chi connectivity index (χ4v) is 3.56. The molecule has 2 aromatic heterocycles. The minimum absolute atomic E-state index is 0.728. The highest BCUT2D eigenvalue weighted by atomic mass is 14.9. The molecular formula is C19H10N2. The van der Waals surface area contributed by atoms with E-state index in [9.17, 15) is 5.26 Å². The van der Waals surface area contributed by atoms with E-state index < -0.39 is 0 Å². The van der Waals surface area contributed by atoms with Crippen molar-refractivity contribution in [2.45, 2.75) is 0 Å². The SMILES string of the molecule is N#Cc1cccc2c3cccc4c5ccccc5n(c12)c43. The number of nitrogens with zero attached hydrogens (tertiary/aromatic N) is 2. The first-order valence-electron chi connectivity index (χ1n) is 6.96. The van der Waals surface area contributed by atoms with E-state index in [-0.39, 0.29) is 0 Å². The number of fused-ring (bicyclic) bond motifs is 6. The molecule has 5 aromatic rings. The largest absolute Gasteiger partial charge is 0.307 e. The Balaban J connectivity index is 2.30. The van der Waals surface area contributed by atoms with Crippen LogP contribution in [-0.2, 0) is 0 Å². The van der Waals surface area contributed by atoms with Crippen LogP contribution in [0.4, 0.5) is 0 Å². The summed E-state index contributed by atoms with van der Waals surface area (Å²) in [5, 5.41) is 14.4. The van der Waals surface area contributed by atoms with Crippen molar-refractivity contribution in [1.82, 2.24) is 4.40 Å². The number of rotatable bonds is 0. The molecule has 0 atom stereocenters. The Hall–Kier alpha value is -3.05. The van der Waals surface area contributed by atoms with E-state index in [1.807, 2.05) is 12.1 Å². The minimum atomic E-state index is 0.728. The molecule has 0 amide bonds. The summed E-state index contributed by atoms with van der Waals surface area (Å²) < 4.78 is 2.24. The highest BCUT2D eigenvalue weighted by molar-refractivity contribution is 6.23. The Morgan fingerprint density at radius 3 is 2.10 bits per heavy atom. The number of nitriles is 1. The summed E-state index contributed by atoms with van der Waals surface area (Å²) in [6.07, 6.45) is 0. The van der Waals surface area contributed by atoms with E-state index in [1.54, 1.807) is 0 Å². The van der Waals surface area contributed by atoms with Gasteiger partial charge in [0.2, 0.25) is 0 Å². The number of aromatic nitrogens is 1. The Bertz CT molecular complexity index is 1190. The van der Waals surface area contributed by atoms with E-state index >= 15 is 0 Å². The van der Waals surface area contributed by atoms with Crippen molar-refractivity contribution in [3.05, 3.63) is 66.2 Å². The first-order chi connectivity index (χ1) is 10.4. The monoisotopic (exact) mass is 266 g/mol. The Labute approximate surface area is 120 Å². The predicted octanol–water partition coefficient (Wildman–Crippen LogP) is 4.71. The zero-order valence-electron chi connectivity index (χ0n) is 11.2. The van der Waals surface area contributed by atoms with Crippen LogP contribution in [0.25, 0.3) is 38.1 Å². The van der Waals surface area contributed by atoms with Gasteiger partial charge in [-0.1, -0.05) is 48.5 Å². The number of hydrogen-bond donors (Lipinski definition) is 0. The van der Waals surface area contributed by atoms with Crippen LogP contribution in [0.1, 0.15) is 5.56 Å². The molecule has 0 saturated heterocycles. The van der Waals surface area contributed by atoms with E-state index in [0.717, 1.165) is 16.5 Å². The van der Waals surface area contributed by atoms with E-state index in [4.69, 9.17) is 0 Å². The average molecular weight is 266 g/mol. The summed E-state index contributed by atoms with van der Waals surface area (Å²) in [7, 11) is 0. The number of para-hydroxylation sites is 3. The van der Waals surface area contributed by atoms with Gasteiger partial charge in [-0.25, -0.2) is 0 Å². The molecule has 0 unspecified atom stereocenters. The second kappa shape index (κ2) is 3.53.